The molecule has 0 amide bonds. The highest BCUT2D eigenvalue weighted by Gasteiger charge is 2.21. The molecular weight excluding hydrogens is 212 g/mol. The number of piperidine rings is 1. The average molecular weight is 234 g/mol. The van der Waals surface area contributed by atoms with E-state index >= 15 is 0 Å². The number of nitrogens with zero attached hydrogens (tertiary/aromatic N) is 1. The van der Waals surface area contributed by atoms with Crippen molar-refractivity contribution in [2.75, 3.05) is 26.7 Å². The smallest absolute Gasteiger partial charge is 0.0698 e. The van der Waals surface area contributed by atoms with Crippen molar-refractivity contribution in [2.45, 2.75) is 25.0 Å². The van der Waals surface area contributed by atoms with Crippen LogP contribution in [0.5, 0.6) is 0 Å². The highest BCUT2D eigenvalue weighted by Crippen LogP contribution is 2.16. The van der Waals surface area contributed by atoms with Gasteiger partial charge in [-0.05, 0) is 24.9 Å². The van der Waals surface area contributed by atoms with Crippen molar-refractivity contribution in [3.63, 3.8) is 0 Å². The molecule has 0 aromatic heterocycles. The summed E-state index contributed by atoms with van der Waals surface area (Å²) in [4.78, 5) is 2.41. The van der Waals surface area contributed by atoms with Gasteiger partial charge < -0.3 is 10.5 Å². The molecule has 0 saturated carbocycles. The lowest BCUT2D eigenvalue weighted by molar-refractivity contribution is 0.0294. The molecule has 3 nitrogen and oxygen atoms in total. The first kappa shape index (κ1) is 12.6. The second-order valence-corrected chi connectivity index (χ2v) is 4.78. The lowest BCUT2D eigenvalue weighted by Crippen LogP contribution is -2.42. The number of ether oxygens (including phenoxy) is 1. The Morgan fingerprint density at radius 1 is 1.41 bits per heavy atom. The molecular formula is C14H22N2O. The van der Waals surface area contributed by atoms with Crippen LogP contribution in [-0.2, 0) is 4.74 Å². The zero-order chi connectivity index (χ0) is 12.1. The van der Waals surface area contributed by atoms with Crippen molar-refractivity contribution >= 4 is 0 Å². The van der Waals surface area contributed by atoms with Gasteiger partial charge >= 0.3 is 0 Å². The van der Waals surface area contributed by atoms with E-state index in [0.717, 1.165) is 19.6 Å². The predicted molar refractivity (Wildman–Crippen MR) is 69.8 cm³/mol. The summed E-state index contributed by atoms with van der Waals surface area (Å²) in [5.74, 6) is 0. The average Bonchev–Trinajstić information content (AvgIpc) is 2.40. The van der Waals surface area contributed by atoms with Gasteiger partial charge in [0.2, 0.25) is 0 Å². The van der Waals surface area contributed by atoms with Crippen molar-refractivity contribution < 1.29 is 4.74 Å². The number of hydrogen-bond donors (Lipinski definition) is 1. The molecule has 0 bridgehead atoms. The zero-order valence-corrected chi connectivity index (χ0v) is 10.5. The first-order chi connectivity index (χ1) is 8.29. The lowest BCUT2D eigenvalue weighted by atomic mass is 10.0. The van der Waals surface area contributed by atoms with Crippen molar-refractivity contribution in [3.8, 4) is 0 Å². The minimum Gasteiger partial charge on any atom is -0.380 e. The topological polar surface area (TPSA) is 38.5 Å². The number of methoxy groups -OCH3 is 1. The molecule has 2 atom stereocenters. The molecule has 0 aliphatic carbocycles. The van der Waals surface area contributed by atoms with Gasteiger partial charge in [-0.25, -0.2) is 0 Å². The summed E-state index contributed by atoms with van der Waals surface area (Å²) in [7, 11) is 1.80. The van der Waals surface area contributed by atoms with E-state index in [1.54, 1.807) is 7.11 Å². The van der Waals surface area contributed by atoms with E-state index in [2.05, 4.69) is 17.0 Å². The van der Waals surface area contributed by atoms with Crippen LogP contribution in [0.3, 0.4) is 0 Å². The van der Waals surface area contributed by atoms with E-state index in [0.29, 0.717) is 6.10 Å². The predicted octanol–water partition coefficient (Wildman–Crippen LogP) is 1.80. The Kier molecular flexibility index (Phi) is 4.54. The summed E-state index contributed by atoms with van der Waals surface area (Å²) >= 11 is 0. The molecule has 1 aromatic rings. The molecule has 94 valence electrons. The first-order valence-corrected chi connectivity index (χ1v) is 6.35. The van der Waals surface area contributed by atoms with E-state index in [4.69, 9.17) is 10.5 Å². The molecule has 1 heterocycles. The molecule has 2 unspecified atom stereocenters. The Morgan fingerprint density at radius 3 is 2.88 bits per heavy atom. The molecule has 1 aromatic carbocycles. The van der Waals surface area contributed by atoms with Gasteiger partial charge in [0.05, 0.1) is 6.10 Å². The maximum atomic E-state index is 6.23. The van der Waals surface area contributed by atoms with Crippen LogP contribution >= 0.6 is 0 Å². The molecule has 0 radical (unpaired) electrons. The monoisotopic (exact) mass is 234 g/mol. The molecule has 0 spiro atoms. The number of nitrogens with two attached hydrogens (primary N) is 1. The number of rotatable bonds is 4. The fraction of sp³-hybridized carbons (Fsp3) is 0.571. The first-order valence-electron chi connectivity index (χ1n) is 6.35. The van der Waals surface area contributed by atoms with E-state index < -0.39 is 0 Å². The molecule has 1 aliphatic rings. The highest BCUT2D eigenvalue weighted by atomic mass is 16.5. The van der Waals surface area contributed by atoms with Crippen LogP contribution in [0.1, 0.15) is 24.4 Å². The lowest BCUT2D eigenvalue weighted by Gasteiger charge is -2.33. The van der Waals surface area contributed by atoms with Crippen LogP contribution in [0.2, 0.25) is 0 Å². The molecule has 17 heavy (non-hydrogen) atoms. The standard InChI is InChI=1S/C14H22N2O/c1-17-13-8-5-9-16(10-13)11-14(15)12-6-3-2-4-7-12/h2-4,6-7,13-14H,5,8-11,15H2,1H3. The largest absolute Gasteiger partial charge is 0.380 e. The molecule has 2 N–H and O–H groups in total. The second-order valence-electron chi connectivity index (χ2n) is 4.78. The summed E-state index contributed by atoms with van der Waals surface area (Å²) in [6.45, 7) is 3.07. The van der Waals surface area contributed by atoms with Gasteiger partial charge in [-0.3, -0.25) is 4.90 Å². The summed E-state index contributed by atoms with van der Waals surface area (Å²) in [6, 6.07) is 10.4. The fourth-order valence-electron chi connectivity index (χ4n) is 2.46. The van der Waals surface area contributed by atoms with Gasteiger partial charge in [0.1, 0.15) is 0 Å². The second kappa shape index (κ2) is 6.15. The van der Waals surface area contributed by atoms with Gasteiger partial charge in [0.25, 0.3) is 0 Å². The van der Waals surface area contributed by atoms with E-state index in [9.17, 15) is 0 Å². The molecule has 3 heteroatoms. The number of benzene rings is 1. The Morgan fingerprint density at radius 2 is 2.18 bits per heavy atom. The van der Waals surface area contributed by atoms with Gasteiger partial charge in [-0.1, -0.05) is 30.3 Å². The molecule has 2 rings (SSSR count). The maximum Gasteiger partial charge on any atom is 0.0698 e. The summed E-state index contributed by atoms with van der Waals surface area (Å²) in [5, 5.41) is 0. The van der Waals surface area contributed by atoms with Crippen LogP contribution < -0.4 is 5.73 Å². The Bertz CT molecular complexity index is 328. The van der Waals surface area contributed by atoms with E-state index in [1.807, 2.05) is 18.2 Å². The summed E-state index contributed by atoms with van der Waals surface area (Å²) in [5.41, 5.74) is 7.45. The SMILES string of the molecule is COC1CCCN(CC(N)c2ccccc2)C1. The minimum absolute atomic E-state index is 0.104. The van der Waals surface area contributed by atoms with Crippen LogP contribution in [0.25, 0.3) is 0 Å². The van der Waals surface area contributed by atoms with Crippen LogP contribution in [0.4, 0.5) is 0 Å². The number of hydrogen-bond acceptors (Lipinski definition) is 3. The Balaban J connectivity index is 1.88. The minimum atomic E-state index is 0.104. The fourth-order valence-corrected chi connectivity index (χ4v) is 2.46. The highest BCUT2D eigenvalue weighted by molar-refractivity contribution is 5.18. The van der Waals surface area contributed by atoms with Crippen LogP contribution in [-0.4, -0.2) is 37.7 Å². The quantitative estimate of drug-likeness (QED) is 0.863. The molecule has 1 fully saturated rings. The Labute approximate surface area is 104 Å². The molecule has 1 aliphatic heterocycles. The van der Waals surface area contributed by atoms with Crippen LogP contribution in [0.15, 0.2) is 30.3 Å². The van der Waals surface area contributed by atoms with Crippen LogP contribution in [0, 0.1) is 0 Å². The third-order valence-electron chi connectivity index (χ3n) is 3.48. The summed E-state index contributed by atoms with van der Waals surface area (Å²) < 4.78 is 5.43. The van der Waals surface area contributed by atoms with E-state index in [-0.39, 0.29) is 6.04 Å². The van der Waals surface area contributed by atoms with Crippen molar-refractivity contribution in [1.82, 2.24) is 4.90 Å². The van der Waals surface area contributed by atoms with Crippen molar-refractivity contribution in [2.24, 2.45) is 5.73 Å². The normalized spacial score (nSPS) is 23.5. The van der Waals surface area contributed by atoms with Gasteiger partial charge in [0.15, 0.2) is 0 Å². The Hall–Kier alpha value is -0.900. The maximum absolute atomic E-state index is 6.23. The van der Waals surface area contributed by atoms with Crippen molar-refractivity contribution in [1.29, 1.82) is 0 Å². The van der Waals surface area contributed by atoms with Gasteiger partial charge in [-0.2, -0.15) is 0 Å². The summed E-state index contributed by atoms with van der Waals surface area (Å²) in [6.07, 6.45) is 2.76. The third-order valence-corrected chi connectivity index (χ3v) is 3.48. The zero-order valence-electron chi connectivity index (χ0n) is 10.5. The van der Waals surface area contributed by atoms with E-state index in [1.165, 1.54) is 18.4 Å². The molecule has 1 saturated heterocycles. The third kappa shape index (κ3) is 3.53. The van der Waals surface area contributed by atoms with Crippen molar-refractivity contribution in [3.05, 3.63) is 35.9 Å². The number of likely N-dealkylation sites (tertiary alicyclic amines) is 1. The van der Waals surface area contributed by atoms with Gasteiger partial charge in [-0.15, -0.1) is 0 Å². The van der Waals surface area contributed by atoms with Gasteiger partial charge in [0, 0.05) is 26.2 Å².